The van der Waals surface area contributed by atoms with Crippen LogP contribution in [0.3, 0.4) is 0 Å². The number of hydrogen-bond acceptors (Lipinski definition) is 2. The van der Waals surface area contributed by atoms with Crippen LogP contribution in [0, 0.1) is 47.5 Å². The van der Waals surface area contributed by atoms with E-state index >= 15 is 0 Å². The lowest BCUT2D eigenvalue weighted by Gasteiger charge is -2.21. The van der Waals surface area contributed by atoms with Gasteiger partial charge in [0.15, 0.2) is 0 Å². The van der Waals surface area contributed by atoms with Crippen molar-refractivity contribution in [1.29, 1.82) is 0 Å². The number of aromatic nitrogens is 3. The number of phenolic OH excluding ortho intramolecular Hbond substituents is 1. The van der Waals surface area contributed by atoms with Crippen LogP contribution in [0.5, 0.6) is 11.5 Å². The van der Waals surface area contributed by atoms with Gasteiger partial charge in [0.05, 0.1) is 0 Å². The zero-order valence-corrected chi connectivity index (χ0v) is 17.2. The summed E-state index contributed by atoms with van der Waals surface area (Å²) < 4.78 is 9.56. The maximum Gasteiger partial charge on any atom is 0.147 e. The van der Waals surface area contributed by atoms with E-state index in [0.29, 0.717) is 11.4 Å². The number of hydrogen-bond donors (Lipinski definition) is 1. The number of para-hydroxylation sites is 2. The quantitative estimate of drug-likeness (QED) is 0.527. The lowest BCUT2D eigenvalue weighted by Crippen LogP contribution is -2.12. The molecule has 0 unspecified atom stereocenters. The molecule has 0 saturated heterocycles. The Balaban J connectivity index is 1.70. The second-order valence-corrected chi connectivity index (χ2v) is 7.65. The third-order valence-corrected chi connectivity index (χ3v) is 4.56. The van der Waals surface area contributed by atoms with Gasteiger partial charge in [-0.15, -0.1) is 14.1 Å². The molecule has 0 fully saturated rings. The molecule has 30 heavy (non-hydrogen) atoms. The third kappa shape index (κ3) is 3.31. The zero-order chi connectivity index (χ0) is 21.3. The van der Waals surface area contributed by atoms with Crippen LogP contribution in [0.15, 0.2) is 36.4 Å². The van der Waals surface area contributed by atoms with Crippen molar-refractivity contribution in [2.45, 2.75) is 33.1 Å². The summed E-state index contributed by atoms with van der Waals surface area (Å²) in [5, 5.41) is 11.0. The van der Waals surface area contributed by atoms with E-state index in [9.17, 15) is 5.11 Å². The Morgan fingerprint density at radius 3 is 2.07 bits per heavy atom. The van der Waals surface area contributed by atoms with Gasteiger partial charge in [-0.1, -0.05) is 38.8 Å². The SMILES string of the molecule is CC#CC#CC#CC#COc1cc(-n2n3c4ccccc4n23)c(O)c(C(C)(C)C)c1. The van der Waals surface area contributed by atoms with E-state index in [4.69, 9.17) is 4.74 Å². The molecule has 4 aromatic rings. The predicted molar refractivity (Wildman–Crippen MR) is 117 cm³/mol. The molecule has 5 heteroatoms. The summed E-state index contributed by atoms with van der Waals surface area (Å²) in [5.74, 6) is 19.0. The second kappa shape index (κ2) is 7.25. The number of phenols is 1. The first-order valence-electron chi connectivity index (χ1n) is 9.38. The highest BCUT2D eigenvalue weighted by molar-refractivity contribution is 5.79. The summed E-state index contributed by atoms with van der Waals surface area (Å²) in [7, 11) is 0. The van der Waals surface area contributed by atoms with Crippen LogP contribution in [0.25, 0.3) is 16.7 Å². The van der Waals surface area contributed by atoms with E-state index in [2.05, 4.69) is 47.5 Å². The summed E-state index contributed by atoms with van der Waals surface area (Å²) >= 11 is 0. The molecular weight excluding hydrogens is 374 g/mol. The molecule has 0 aliphatic heterocycles. The van der Waals surface area contributed by atoms with Crippen molar-refractivity contribution in [3.63, 3.8) is 0 Å². The summed E-state index contributed by atoms with van der Waals surface area (Å²) in [6, 6.07) is 11.6. The molecule has 2 heterocycles. The molecule has 0 aliphatic rings. The fraction of sp³-hybridized carbons (Fsp3) is 0.200. The molecule has 0 saturated carbocycles. The van der Waals surface area contributed by atoms with E-state index in [0.717, 1.165) is 16.6 Å². The average molecular weight is 393 g/mol. The van der Waals surface area contributed by atoms with Gasteiger partial charge in [0, 0.05) is 29.4 Å². The Kier molecular flexibility index (Phi) is 4.60. The molecule has 146 valence electrons. The van der Waals surface area contributed by atoms with Gasteiger partial charge >= 0.3 is 0 Å². The molecule has 0 amide bonds. The Morgan fingerprint density at radius 2 is 1.47 bits per heavy atom. The highest BCUT2D eigenvalue weighted by Gasteiger charge is 2.29. The molecule has 0 radical (unpaired) electrons. The van der Waals surface area contributed by atoms with E-state index < -0.39 is 0 Å². The van der Waals surface area contributed by atoms with Crippen molar-refractivity contribution < 1.29 is 9.84 Å². The summed E-state index contributed by atoms with van der Waals surface area (Å²) in [4.78, 5) is 1.90. The maximum atomic E-state index is 11.0. The minimum absolute atomic E-state index is 0.218. The van der Waals surface area contributed by atoms with Gasteiger partial charge in [-0.2, -0.15) is 0 Å². The monoisotopic (exact) mass is 393 g/mol. The van der Waals surface area contributed by atoms with Crippen molar-refractivity contribution in [3.8, 4) is 64.7 Å². The molecule has 0 atom stereocenters. The minimum atomic E-state index is -0.284. The second-order valence-electron chi connectivity index (χ2n) is 7.65. The molecule has 0 aliphatic carbocycles. The zero-order valence-electron chi connectivity index (χ0n) is 17.2. The predicted octanol–water partition coefficient (Wildman–Crippen LogP) is 3.79. The Morgan fingerprint density at radius 1 is 0.867 bits per heavy atom. The van der Waals surface area contributed by atoms with E-state index in [1.165, 1.54) is 0 Å². The number of fused-ring (bicyclic) bond motifs is 4. The van der Waals surface area contributed by atoms with E-state index in [-0.39, 0.29) is 11.2 Å². The normalized spacial score (nSPS) is 10.4. The van der Waals surface area contributed by atoms with Gasteiger partial charge in [0.25, 0.3) is 0 Å². The molecule has 2 aromatic heterocycles. The Bertz CT molecular complexity index is 1450. The number of benzene rings is 2. The number of rotatable bonds is 2. The van der Waals surface area contributed by atoms with Crippen molar-refractivity contribution in [1.82, 2.24) is 14.1 Å². The van der Waals surface area contributed by atoms with E-state index in [1.54, 1.807) is 19.1 Å². The van der Waals surface area contributed by atoms with Crippen LogP contribution in [0.2, 0.25) is 0 Å². The van der Waals surface area contributed by atoms with Gasteiger partial charge in [0.2, 0.25) is 0 Å². The highest BCUT2D eigenvalue weighted by atomic mass is 16.5. The summed E-state index contributed by atoms with van der Waals surface area (Å²) in [6.07, 6.45) is 2.58. The van der Waals surface area contributed by atoms with Gasteiger partial charge < -0.3 is 9.84 Å². The maximum absolute atomic E-state index is 11.0. The topological polar surface area (TPSA) is 43.2 Å². The van der Waals surface area contributed by atoms with Crippen LogP contribution in [0.4, 0.5) is 0 Å². The first kappa shape index (κ1) is 19.0. The van der Waals surface area contributed by atoms with Gasteiger partial charge in [0.1, 0.15) is 34.3 Å². The van der Waals surface area contributed by atoms with Crippen molar-refractivity contribution in [2.24, 2.45) is 0 Å². The smallest absolute Gasteiger partial charge is 0.147 e. The largest absolute Gasteiger partial charge is 0.505 e. The molecular formula is C25H19N3O2. The molecule has 5 nitrogen and oxygen atoms in total. The first-order chi connectivity index (χ1) is 14.4. The first-order valence-corrected chi connectivity index (χ1v) is 9.38. The summed E-state index contributed by atoms with van der Waals surface area (Å²) in [5.41, 5.74) is 3.29. The van der Waals surface area contributed by atoms with Crippen LogP contribution < -0.4 is 4.74 Å². The third-order valence-electron chi connectivity index (χ3n) is 4.56. The number of ether oxygens (including phenoxy) is 1. The highest BCUT2D eigenvalue weighted by Crippen LogP contribution is 2.40. The van der Waals surface area contributed by atoms with Crippen molar-refractivity contribution >= 4 is 11.0 Å². The Hall–Kier alpha value is -4.32. The van der Waals surface area contributed by atoms with Gasteiger partial charge in [-0.05, 0) is 48.3 Å². The average Bonchev–Trinajstić information content (AvgIpc) is 3.36. The molecule has 0 spiro atoms. The van der Waals surface area contributed by atoms with Crippen molar-refractivity contribution in [2.75, 3.05) is 0 Å². The lowest BCUT2D eigenvalue weighted by atomic mass is 9.86. The molecule has 4 rings (SSSR count). The lowest BCUT2D eigenvalue weighted by molar-refractivity contribution is 0.438. The van der Waals surface area contributed by atoms with Crippen LogP contribution >= 0.6 is 0 Å². The van der Waals surface area contributed by atoms with Crippen LogP contribution in [-0.4, -0.2) is 19.2 Å². The minimum Gasteiger partial charge on any atom is -0.505 e. The molecule has 0 bridgehead atoms. The molecule has 1 N–H and O–H groups in total. The Labute approximate surface area is 175 Å². The number of nitrogens with zero attached hydrogens (tertiary/aromatic N) is 3. The number of aromatic hydroxyl groups is 1. The fourth-order valence-corrected chi connectivity index (χ4v) is 3.17. The van der Waals surface area contributed by atoms with Crippen LogP contribution in [0.1, 0.15) is 33.3 Å². The van der Waals surface area contributed by atoms with Crippen molar-refractivity contribution in [3.05, 3.63) is 42.0 Å². The van der Waals surface area contributed by atoms with E-state index in [1.807, 2.05) is 59.1 Å². The fourth-order valence-electron chi connectivity index (χ4n) is 3.17. The van der Waals surface area contributed by atoms with Gasteiger partial charge in [-0.3, -0.25) is 0 Å². The standard InChI is InChI=1S/C25H19N3O2/c1-5-6-7-8-9-10-13-16-30-19-17-20(25(2,3)4)24(29)23(18-19)28-26-21-14-11-12-15-22(21)27(26)28/h11-12,14-15,17-18,29H,1-4H3. The van der Waals surface area contributed by atoms with Crippen LogP contribution in [-0.2, 0) is 5.41 Å². The summed E-state index contributed by atoms with van der Waals surface area (Å²) in [6.45, 7) is 7.83. The van der Waals surface area contributed by atoms with Gasteiger partial charge in [-0.25, -0.2) is 0 Å². The molecule has 2 aromatic carbocycles.